The Morgan fingerprint density at radius 2 is 1.75 bits per heavy atom. The Kier molecular flexibility index (Phi) is 6.68. The monoisotopic (exact) mass is 467 g/mol. The first kappa shape index (κ1) is 22.2. The maximum Gasteiger partial charge on any atom is 0.224 e. The van der Waals surface area contributed by atoms with Gasteiger partial charge in [0.05, 0.1) is 40.7 Å². The zero-order chi connectivity index (χ0) is 22.7. The van der Waals surface area contributed by atoms with E-state index in [-0.39, 0.29) is 18.4 Å². The molecule has 1 aromatic heterocycles. The van der Waals surface area contributed by atoms with Crippen LogP contribution in [0.2, 0.25) is 10.0 Å². The molecule has 0 spiro atoms. The first-order valence-electron chi connectivity index (χ1n) is 10.3. The van der Waals surface area contributed by atoms with Crippen molar-refractivity contribution in [2.75, 3.05) is 7.11 Å². The molecule has 5 nitrogen and oxygen atoms in total. The third kappa shape index (κ3) is 4.90. The Morgan fingerprint density at radius 1 is 1.03 bits per heavy atom. The molecular weight excluding hydrogens is 445 g/mol. The topological polar surface area (TPSA) is 56.1 Å². The summed E-state index contributed by atoms with van der Waals surface area (Å²) in [5.74, 6) is 1.47. The number of methoxy groups -OCH3 is 1. The van der Waals surface area contributed by atoms with Crippen molar-refractivity contribution in [1.82, 2.24) is 14.9 Å². The second kappa shape index (κ2) is 9.63. The van der Waals surface area contributed by atoms with Crippen molar-refractivity contribution in [3.63, 3.8) is 0 Å². The van der Waals surface area contributed by atoms with Gasteiger partial charge in [0.1, 0.15) is 11.6 Å². The Hall–Kier alpha value is -3.02. The lowest BCUT2D eigenvalue weighted by molar-refractivity contribution is -0.121. The highest BCUT2D eigenvalue weighted by molar-refractivity contribution is 6.42. The van der Waals surface area contributed by atoms with Crippen LogP contribution in [-0.2, 0) is 17.8 Å². The third-order valence-corrected chi connectivity index (χ3v) is 6.04. The largest absolute Gasteiger partial charge is 0.497 e. The number of benzene rings is 3. The van der Waals surface area contributed by atoms with Crippen molar-refractivity contribution in [3.8, 4) is 5.75 Å². The van der Waals surface area contributed by atoms with E-state index in [4.69, 9.17) is 32.9 Å². The van der Waals surface area contributed by atoms with Crippen LogP contribution in [0.3, 0.4) is 0 Å². The number of nitrogens with zero attached hydrogens (tertiary/aromatic N) is 2. The molecule has 0 radical (unpaired) electrons. The summed E-state index contributed by atoms with van der Waals surface area (Å²) in [5.41, 5.74) is 3.78. The summed E-state index contributed by atoms with van der Waals surface area (Å²) >= 11 is 12.3. The summed E-state index contributed by atoms with van der Waals surface area (Å²) in [7, 11) is 1.62. The van der Waals surface area contributed by atoms with Gasteiger partial charge in [0.15, 0.2) is 0 Å². The van der Waals surface area contributed by atoms with Crippen LogP contribution in [-0.4, -0.2) is 22.6 Å². The molecule has 0 saturated carbocycles. The minimum absolute atomic E-state index is 0.0733. The van der Waals surface area contributed by atoms with Crippen LogP contribution in [0.15, 0.2) is 66.7 Å². The van der Waals surface area contributed by atoms with Crippen LogP contribution in [0, 0.1) is 0 Å². The number of para-hydroxylation sites is 2. The number of ether oxygens (including phenoxy) is 1. The zero-order valence-electron chi connectivity index (χ0n) is 17.8. The van der Waals surface area contributed by atoms with Crippen LogP contribution >= 0.6 is 23.2 Å². The van der Waals surface area contributed by atoms with Gasteiger partial charge < -0.3 is 14.6 Å². The average Bonchev–Trinajstić information content (AvgIpc) is 3.15. The van der Waals surface area contributed by atoms with E-state index in [1.807, 2.05) is 67.6 Å². The van der Waals surface area contributed by atoms with E-state index < -0.39 is 0 Å². The molecule has 4 rings (SSSR count). The van der Waals surface area contributed by atoms with Gasteiger partial charge in [0, 0.05) is 6.54 Å². The van der Waals surface area contributed by atoms with E-state index in [1.54, 1.807) is 13.2 Å². The van der Waals surface area contributed by atoms with E-state index in [0.717, 1.165) is 33.7 Å². The van der Waals surface area contributed by atoms with Gasteiger partial charge in [0.2, 0.25) is 5.91 Å². The molecule has 4 aromatic rings. The van der Waals surface area contributed by atoms with Crippen molar-refractivity contribution in [2.24, 2.45) is 0 Å². The highest BCUT2D eigenvalue weighted by Gasteiger charge is 2.19. The molecule has 1 amide bonds. The van der Waals surface area contributed by atoms with Crippen molar-refractivity contribution >= 4 is 40.1 Å². The van der Waals surface area contributed by atoms with Gasteiger partial charge >= 0.3 is 0 Å². The number of rotatable bonds is 7. The Balaban J connectivity index is 1.57. The molecule has 3 aromatic carbocycles. The molecule has 0 bridgehead atoms. The van der Waals surface area contributed by atoms with Crippen molar-refractivity contribution in [2.45, 2.75) is 25.9 Å². The van der Waals surface area contributed by atoms with Gasteiger partial charge in [-0.3, -0.25) is 4.79 Å². The molecule has 7 heteroatoms. The smallest absolute Gasteiger partial charge is 0.224 e. The SMILES string of the molecule is COc1ccc(CC(=O)NC(C)c2nc3ccccc3n2Cc2ccc(Cl)c(Cl)c2)cc1. The highest BCUT2D eigenvalue weighted by Crippen LogP contribution is 2.26. The molecule has 0 fully saturated rings. The van der Waals surface area contributed by atoms with Gasteiger partial charge in [0.25, 0.3) is 0 Å². The number of hydrogen-bond donors (Lipinski definition) is 1. The average molecular weight is 468 g/mol. The summed E-state index contributed by atoms with van der Waals surface area (Å²) in [6, 6.07) is 20.7. The van der Waals surface area contributed by atoms with Gasteiger partial charge in [-0.15, -0.1) is 0 Å². The predicted molar refractivity (Wildman–Crippen MR) is 129 cm³/mol. The summed E-state index contributed by atoms with van der Waals surface area (Å²) in [6.07, 6.45) is 0.279. The molecule has 32 heavy (non-hydrogen) atoms. The quantitative estimate of drug-likeness (QED) is 0.372. The molecule has 0 aliphatic carbocycles. The van der Waals surface area contributed by atoms with Crippen molar-refractivity contribution in [1.29, 1.82) is 0 Å². The number of amides is 1. The lowest BCUT2D eigenvalue weighted by Gasteiger charge is -2.17. The molecule has 1 unspecified atom stereocenters. The Labute approximate surface area is 196 Å². The first-order valence-corrected chi connectivity index (χ1v) is 11.0. The third-order valence-electron chi connectivity index (χ3n) is 5.30. The molecule has 1 heterocycles. The van der Waals surface area contributed by atoms with Gasteiger partial charge in [-0.25, -0.2) is 4.98 Å². The maximum atomic E-state index is 12.7. The number of imidazole rings is 1. The fourth-order valence-electron chi connectivity index (χ4n) is 3.70. The summed E-state index contributed by atoms with van der Waals surface area (Å²) in [6.45, 7) is 2.50. The van der Waals surface area contributed by atoms with Crippen molar-refractivity contribution in [3.05, 3.63) is 93.7 Å². The van der Waals surface area contributed by atoms with Crippen LogP contribution < -0.4 is 10.1 Å². The molecule has 1 N–H and O–H groups in total. The minimum atomic E-state index is -0.282. The lowest BCUT2D eigenvalue weighted by atomic mass is 10.1. The zero-order valence-corrected chi connectivity index (χ0v) is 19.3. The van der Waals surface area contributed by atoms with Crippen LogP contribution in [0.1, 0.15) is 29.9 Å². The second-order valence-corrected chi connectivity index (χ2v) is 8.42. The first-order chi connectivity index (χ1) is 15.4. The highest BCUT2D eigenvalue weighted by atomic mass is 35.5. The lowest BCUT2D eigenvalue weighted by Crippen LogP contribution is -2.30. The summed E-state index contributed by atoms with van der Waals surface area (Å²) in [4.78, 5) is 17.5. The minimum Gasteiger partial charge on any atom is -0.497 e. The van der Waals surface area contributed by atoms with Crippen LogP contribution in [0.25, 0.3) is 11.0 Å². The molecular formula is C25H23Cl2N3O2. The number of halogens is 2. The second-order valence-electron chi connectivity index (χ2n) is 7.61. The predicted octanol–water partition coefficient (Wildman–Crippen LogP) is 5.82. The standard InChI is InChI=1S/C25H23Cl2N3O2/c1-16(28-24(31)14-17-7-10-19(32-2)11-8-17)25-29-22-5-3-4-6-23(22)30(25)15-18-9-12-20(26)21(27)13-18/h3-13,16H,14-15H2,1-2H3,(H,28,31). The number of carbonyl (C=O) groups is 1. The number of carbonyl (C=O) groups excluding carboxylic acids is 1. The Morgan fingerprint density at radius 3 is 2.47 bits per heavy atom. The number of aromatic nitrogens is 2. The molecule has 0 aliphatic heterocycles. The van der Waals surface area contributed by atoms with Crippen LogP contribution in [0.4, 0.5) is 0 Å². The summed E-state index contributed by atoms with van der Waals surface area (Å²) in [5, 5.41) is 4.11. The number of hydrogen-bond acceptors (Lipinski definition) is 3. The van der Waals surface area contributed by atoms with E-state index in [2.05, 4.69) is 9.88 Å². The summed E-state index contributed by atoms with van der Waals surface area (Å²) < 4.78 is 7.28. The molecule has 0 aliphatic rings. The van der Waals surface area contributed by atoms with Crippen LogP contribution in [0.5, 0.6) is 5.75 Å². The molecule has 0 saturated heterocycles. The van der Waals surface area contributed by atoms with E-state index in [1.165, 1.54) is 0 Å². The van der Waals surface area contributed by atoms with Crippen molar-refractivity contribution < 1.29 is 9.53 Å². The van der Waals surface area contributed by atoms with E-state index in [9.17, 15) is 4.79 Å². The number of nitrogens with one attached hydrogen (secondary N) is 1. The maximum absolute atomic E-state index is 12.7. The molecule has 1 atom stereocenters. The normalized spacial score (nSPS) is 12.0. The van der Waals surface area contributed by atoms with Gasteiger partial charge in [-0.1, -0.05) is 53.5 Å². The molecule has 164 valence electrons. The number of fused-ring (bicyclic) bond motifs is 1. The van der Waals surface area contributed by atoms with E-state index in [0.29, 0.717) is 16.6 Å². The van der Waals surface area contributed by atoms with E-state index >= 15 is 0 Å². The fraction of sp³-hybridized carbons (Fsp3) is 0.200. The van der Waals surface area contributed by atoms with Gasteiger partial charge in [-0.05, 0) is 54.4 Å². The fourth-order valence-corrected chi connectivity index (χ4v) is 4.02. The Bertz CT molecular complexity index is 1250. The van der Waals surface area contributed by atoms with Gasteiger partial charge in [-0.2, -0.15) is 0 Å².